The standard InChI is InChI=1S/C23H23ClN2O6S/c24-22-10-3-17(13-26-22)21(27)14-25-12-11-16-1-6-19(7-2-16)33(30,31)20-8-4-18(5-9-20)32-15-23(28)29/h1-10,13,21,25,27H,11-12,14-15H2,(H,28,29)/t21-/m1/s1. The normalized spacial score (nSPS) is 12.3. The summed E-state index contributed by atoms with van der Waals surface area (Å²) in [6, 6.07) is 15.5. The van der Waals surface area contributed by atoms with E-state index in [-0.39, 0.29) is 15.5 Å². The van der Waals surface area contributed by atoms with Crippen molar-refractivity contribution in [3.05, 3.63) is 83.1 Å². The van der Waals surface area contributed by atoms with Gasteiger partial charge in [-0.1, -0.05) is 29.8 Å². The number of aromatic nitrogens is 1. The molecule has 10 heteroatoms. The smallest absolute Gasteiger partial charge is 0.341 e. The molecule has 3 aromatic rings. The number of carboxylic acid groups (broad SMARTS) is 1. The number of rotatable bonds is 11. The number of hydrogen-bond donors (Lipinski definition) is 3. The molecule has 0 aliphatic rings. The molecule has 8 nitrogen and oxygen atoms in total. The van der Waals surface area contributed by atoms with E-state index < -0.39 is 28.5 Å². The molecule has 1 heterocycles. The molecule has 174 valence electrons. The van der Waals surface area contributed by atoms with Gasteiger partial charge in [0.25, 0.3) is 0 Å². The van der Waals surface area contributed by atoms with Gasteiger partial charge in [-0.25, -0.2) is 18.2 Å². The fraction of sp³-hybridized carbons (Fsp3) is 0.217. The maximum Gasteiger partial charge on any atom is 0.341 e. The molecular weight excluding hydrogens is 468 g/mol. The number of nitrogens with zero attached hydrogens (tertiary/aromatic N) is 1. The molecule has 0 aliphatic carbocycles. The molecule has 0 fully saturated rings. The summed E-state index contributed by atoms with van der Waals surface area (Å²) in [6.45, 7) is 0.448. The summed E-state index contributed by atoms with van der Waals surface area (Å²) < 4.78 is 30.7. The summed E-state index contributed by atoms with van der Waals surface area (Å²) in [6.07, 6.45) is 1.48. The van der Waals surface area contributed by atoms with E-state index in [1.807, 2.05) is 0 Å². The third kappa shape index (κ3) is 7.00. The first-order valence-corrected chi connectivity index (χ1v) is 11.9. The molecule has 33 heavy (non-hydrogen) atoms. The monoisotopic (exact) mass is 490 g/mol. The Labute approximate surface area is 196 Å². The number of benzene rings is 2. The summed E-state index contributed by atoms with van der Waals surface area (Å²) in [7, 11) is -3.71. The maximum atomic E-state index is 12.8. The predicted molar refractivity (Wildman–Crippen MR) is 122 cm³/mol. The number of ether oxygens (including phenoxy) is 1. The van der Waals surface area contributed by atoms with Gasteiger partial charge in [-0.2, -0.15) is 0 Å². The van der Waals surface area contributed by atoms with Crippen LogP contribution in [-0.4, -0.2) is 49.3 Å². The van der Waals surface area contributed by atoms with Gasteiger partial charge in [0.05, 0.1) is 15.9 Å². The van der Waals surface area contributed by atoms with Crippen LogP contribution in [0, 0.1) is 0 Å². The molecule has 0 saturated heterocycles. The Morgan fingerprint density at radius 1 is 1.03 bits per heavy atom. The number of carbonyl (C=O) groups is 1. The Morgan fingerprint density at radius 2 is 1.67 bits per heavy atom. The summed E-state index contributed by atoms with van der Waals surface area (Å²) in [5.74, 6) is -0.839. The zero-order valence-electron chi connectivity index (χ0n) is 17.5. The van der Waals surface area contributed by atoms with Crippen LogP contribution in [0.2, 0.25) is 5.15 Å². The minimum absolute atomic E-state index is 0.0882. The van der Waals surface area contributed by atoms with E-state index in [0.29, 0.717) is 30.2 Å². The summed E-state index contributed by atoms with van der Waals surface area (Å²) in [4.78, 5) is 14.7. The highest BCUT2D eigenvalue weighted by molar-refractivity contribution is 7.91. The van der Waals surface area contributed by atoms with Crippen LogP contribution in [0.5, 0.6) is 5.75 Å². The molecule has 0 aliphatic heterocycles. The number of carboxylic acids is 1. The van der Waals surface area contributed by atoms with Crippen LogP contribution in [0.15, 0.2) is 76.7 Å². The van der Waals surface area contributed by atoms with Crippen LogP contribution >= 0.6 is 11.6 Å². The summed E-state index contributed by atoms with van der Waals surface area (Å²) in [5.41, 5.74) is 1.62. The number of halogens is 1. The van der Waals surface area contributed by atoms with Crippen LogP contribution in [0.3, 0.4) is 0 Å². The van der Waals surface area contributed by atoms with Gasteiger partial charge in [0, 0.05) is 18.3 Å². The molecule has 0 unspecified atom stereocenters. The largest absolute Gasteiger partial charge is 0.482 e. The average Bonchev–Trinajstić information content (AvgIpc) is 2.81. The van der Waals surface area contributed by atoms with E-state index in [4.69, 9.17) is 21.4 Å². The highest BCUT2D eigenvalue weighted by Gasteiger charge is 2.17. The van der Waals surface area contributed by atoms with Crippen molar-refractivity contribution in [2.45, 2.75) is 22.3 Å². The van der Waals surface area contributed by atoms with Gasteiger partial charge in [0.15, 0.2) is 6.61 Å². The first kappa shape index (κ1) is 24.7. The van der Waals surface area contributed by atoms with E-state index in [0.717, 1.165) is 5.56 Å². The van der Waals surface area contributed by atoms with Gasteiger partial charge >= 0.3 is 5.97 Å². The van der Waals surface area contributed by atoms with Crippen LogP contribution in [0.1, 0.15) is 17.2 Å². The van der Waals surface area contributed by atoms with Crippen LogP contribution < -0.4 is 10.1 Å². The molecule has 2 aromatic carbocycles. The zero-order chi connectivity index (χ0) is 23.8. The van der Waals surface area contributed by atoms with Crippen molar-refractivity contribution in [1.29, 1.82) is 0 Å². The molecule has 0 amide bonds. The fourth-order valence-corrected chi connectivity index (χ4v) is 4.38. The van der Waals surface area contributed by atoms with Crippen molar-refractivity contribution in [1.82, 2.24) is 10.3 Å². The zero-order valence-corrected chi connectivity index (χ0v) is 19.1. The Balaban J connectivity index is 1.52. The number of aliphatic carboxylic acids is 1. The third-order valence-corrected chi connectivity index (χ3v) is 6.80. The Morgan fingerprint density at radius 3 is 2.24 bits per heavy atom. The van der Waals surface area contributed by atoms with Gasteiger partial charge in [-0.3, -0.25) is 0 Å². The quantitative estimate of drug-likeness (QED) is 0.277. The molecule has 0 radical (unpaired) electrons. The van der Waals surface area contributed by atoms with E-state index in [1.165, 1.54) is 30.5 Å². The number of sulfone groups is 1. The SMILES string of the molecule is O=C(O)COc1ccc(S(=O)(=O)c2ccc(CCNC[C@@H](O)c3ccc(Cl)nc3)cc2)cc1. The van der Waals surface area contributed by atoms with Crippen LogP contribution in [0.4, 0.5) is 0 Å². The van der Waals surface area contributed by atoms with Gasteiger partial charge in [-0.05, 0) is 61.0 Å². The molecule has 3 N–H and O–H groups in total. The molecule has 0 saturated carbocycles. The van der Waals surface area contributed by atoms with E-state index in [1.54, 1.807) is 36.4 Å². The van der Waals surface area contributed by atoms with Gasteiger partial charge < -0.3 is 20.3 Å². The summed E-state index contributed by atoms with van der Waals surface area (Å²) >= 11 is 5.74. The van der Waals surface area contributed by atoms with Gasteiger partial charge in [-0.15, -0.1) is 0 Å². The lowest BCUT2D eigenvalue weighted by Crippen LogP contribution is -2.23. The Hall–Kier alpha value is -2.98. The van der Waals surface area contributed by atoms with Crippen molar-refractivity contribution >= 4 is 27.4 Å². The molecule has 0 spiro atoms. The second kappa shape index (κ2) is 11.2. The molecule has 3 rings (SSSR count). The van der Waals surface area contributed by atoms with Crippen molar-refractivity contribution < 1.29 is 28.2 Å². The van der Waals surface area contributed by atoms with E-state index in [2.05, 4.69) is 10.3 Å². The number of pyridine rings is 1. The minimum Gasteiger partial charge on any atom is -0.482 e. The van der Waals surface area contributed by atoms with Crippen molar-refractivity contribution in [2.75, 3.05) is 19.7 Å². The van der Waals surface area contributed by atoms with Crippen molar-refractivity contribution in [3.8, 4) is 5.75 Å². The van der Waals surface area contributed by atoms with E-state index in [9.17, 15) is 18.3 Å². The first-order valence-electron chi connectivity index (χ1n) is 10.0. The van der Waals surface area contributed by atoms with E-state index >= 15 is 0 Å². The van der Waals surface area contributed by atoms with Crippen molar-refractivity contribution in [2.24, 2.45) is 0 Å². The molecular formula is C23H23ClN2O6S. The number of aliphatic hydroxyl groups excluding tert-OH is 1. The van der Waals surface area contributed by atoms with Crippen molar-refractivity contribution in [3.63, 3.8) is 0 Å². The fourth-order valence-electron chi connectivity index (χ4n) is 3.01. The molecule has 1 atom stereocenters. The Kier molecular flexibility index (Phi) is 8.40. The second-order valence-electron chi connectivity index (χ2n) is 7.19. The highest BCUT2D eigenvalue weighted by Crippen LogP contribution is 2.23. The summed E-state index contributed by atoms with van der Waals surface area (Å²) in [5, 5.41) is 22.3. The number of aliphatic hydroxyl groups is 1. The topological polar surface area (TPSA) is 126 Å². The van der Waals surface area contributed by atoms with Gasteiger partial charge in [0.1, 0.15) is 10.9 Å². The minimum atomic E-state index is -3.71. The molecule has 0 bridgehead atoms. The maximum absolute atomic E-state index is 12.8. The average molecular weight is 491 g/mol. The molecule has 1 aromatic heterocycles. The second-order valence-corrected chi connectivity index (χ2v) is 9.52. The highest BCUT2D eigenvalue weighted by atomic mass is 35.5. The van der Waals surface area contributed by atoms with Crippen LogP contribution in [-0.2, 0) is 21.1 Å². The number of nitrogens with one attached hydrogen (secondary N) is 1. The Bertz CT molecular complexity index is 1170. The lowest BCUT2D eigenvalue weighted by atomic mass is 10.1. The third-order valence-electron chi connectivity index (χ3n) is 4.79. The van der Waals surface area contributed by atoms with Crippen LogP contribution in [0.25, 0.3) is 0 Å². The predicted octanol–water partition coefficient (Wildman–Crippen LogP) is 2.90. The lowest BCUT2D eigenvalue weighted by Gasteiger charge is -2.12. The van der Waals surface area contributed by atoms with Gasteiger partial charge in [0.2, 0.25) is 9.84 Å². The lowest BCUT2D eigenvalue weighted by molar-refractivity contribution is -0.139. The number of hydrogen-bond acceptors (Lipinski definition) is 7. The first-order chi connectivity index (χ1) is 15.8.